The van der Waals surface area contributed by atoms with Crippen LogP contribution in [0.4, 0.5) is 13.2 Å². The fraction of sp³-hybridized carbons (Fsp3) is 0.192. The summed E-state index contributed by atoms with van der Waals surface area (Å²) in [6, 6.07) is 11.1. The van der Waals surface area contributed by atoms with Crippen molar-refractivity contribution in [3.8, 4) is 16.9 Å². The lowest BCUT2D eigenvalue weighted by Gasteiger charge is -2.17. The van der Waals surface area contributed by atoms with Gasteiger partial charge >= 0.3 is 0 Å². The number of aryl methyl sites for hydroxylation is 2. The van der Waals surface area contributed by atoms with Crippen molar-refractivity contribution in [1.29, 1.82) is 0 Å². The molecule has 8 heteroatoms. The molecule has 5 rings (SSSR count). The lowest BCUT2D eigenvalue weighted by Crippen LogP contribution is -2.23. The number of hydrogen-bond donors (Lipinski definition) is 0. The van der Waals surface area contributed by atoms with Gasteiger partial charge in [0.25, 0.3) is 5.56 Å². The Kier molecular flexibility index (Phi) is 5.52. The van der Waals surface area contributed by atoms with E-state index in [2.05, 4.69) is 9.97 Å². The second kappa shape index (κ2) is 8.40. The Balaban J connectivity index is 1.56. The van der Waals surface area contributed by atoms with Gasteiger partial charge in [0.2, 0.25) is 5.95 Å². The minimum atomic E-state index is -1.22. The molecule has 2 atom stereocenters. The maximum atomic E-state index is 14.3. The Bertz CT molecular complexity index is 1480. The topological polar surface area (TPSA) is 47.8 Å². The largest absolute Gasteiger partial charge is 0.280 e. The molecule has 0 unspecified atom stereocenters. The summed E-state index contributed by atoms with van der Waals surface area (Å²) in [4.78, 5) is 20.9. The number of halogens is 4. The molecule has 1 saturated carbocycles. The lowest BCUT2D eigenvalue weighted by atomic mass is 10.0. The summed E-state index contributed by atoms with van der Waals surface area (Å²) in [5.41, 5.74) is 3.27. The van der Waals surface area contributed by atoms with Gasteiger partial charge in [0, 0.05) is 23.7 Å². The van der Waals surface area contributed by atoms with Crippen molar-refractivity contribution in [3.05, 3.63) is 110 Å². The molecule has 1 aliphatic rings. The number of rotatable bonds is 4. The standard InChI is InChI=1S/C26H19ClF3N3O/c1-13-12-32-21(17-7-8-31-25(30)24(17)29)11-22(13)33-14(2)9-20(23(27)26(33)34)19-10-18(19)15-3-5-16(28)6-4-15/h3-9,11-12,18-19H,10H2,1-2H3/t18-,19+/m1/s1. The van der Waals surface area contributed by atoms with Crippen LogP contribution in [0.2, 0.25) is 5.02 Å². The molecule has 3 aromatic heterocycles. The van der Waals surface area contributed by atoms with E-state index in [9.17, 15) is 18.0 Å². The Morgan fingerprint density at radius 1 is 1.00 bits per heavy atom. The third kappa shape index (κ3) is 3.80. The second-order valence-corrected chi connectivity index (χ2v) is 8.89. The first-order valence-electron chi connectivity index (χ1n) is 10.7. The number of aromatic nitrogens is 3. The van der Waals surface area contributed by atoms with Gasteiger partial charge in [-0.25, -0.2) is 13.8 Å². The fourth-order valence-corrected chi connectivity index (χ4v) is 4.72. The van der Waals surface area contributed by atoms with E-state index in [-0.39, 0.29) is 33.9 Å². The molecular weight excluding hydrogens is 463 g/mol. The quantitative estimate of drug-likeness (QED) is 0.323. The molecule has 0 saturated heterocycles. The fourth-order valence-electron chi connectivity index (χ4n) is 4.44. The summed E-state index contributed by atoms with van der Waals surface area (Å²) in [6.07, 6.45) is 3.48. The summed E-state index contributed by atoms with van der Waals surface area (Å²) in [7, 11) is 0. The van der Waals surface area contributed by atoms with E-state index in [1.807, 2.05) is 6.07 Å². The molecule has 0 aliphatic heterocycles. The van der Waals surface area contributed by atoms with Crippen molar-refractivity contribution in [2.24, 2.45) is 0 Å². The van der Waals surface area contributed by atoms with Crippen LogP contribution >= 0.6 is 11.6 Å². The Labute approximate surface area is 198 Å². The van der Waals surface area contributed by atoms with E-state index in [1.54, 1.807) is 26.0 Å². The minimum absolute atomic E-state index is 0.0534. The van der Waals surface area contributed by atoms with Crippen molar-refractivity contribution in [3.63, 3.8) is 0 Å². The van der Waals surface area contributed by atoms with E-state index in [0.29, 0.717) is 16.9 Å². The maximum Gasteiger partial charge on any atom is 0.274 e. The number of nitrogens with zero attached hydrogens (tertiary/aromatic N) is 3. The SMILES string of the molecule is Cc1cnc(-c2ccnc(F)c2F)cc1-n1c(C)cc([C@H]2C[C@@H]2c2ccc(F)cc2)c(Cl)c1=O. The first-order chi connectivity index (χ1) is 16.3. The summed E-state index contributed by atoms with van der Waals surface area (Å²) >= 11 is 6.56. The van der Waals surface area contributed by atoms with Crippen LogP contribution < -0.4 is 5.56 Å². The first kappa shape index (κ1) is 22.3. The molecule has 34 heavy (non-hydrogen) atoms. The predicted octanol–water partition coefficient (Wildman–Crippen LogP) is 6.25. The van der Waals surface area contributed by atoms with Crippen LogP contribution in [0.15, 0.2) is 59.7 Å². The van der Waals surface area contributed by atoms with E-state index < -0.39 is 17.3 Å². The molecule has 0 bridgehead atoms. The first-order valence-corrected chi connectivity index (χ1v) is 11.1. The minimum Gasteiger partial charge on any atom is -0.280 e. The summed E-state index contributed by atoms with van der Waals surface area (Å²) < 4.78 is 42.7. The molecule has 4 aromatic rings. The average Bonchev–Trinajstić information content (AvgIpc) is 3.61. The highest BCUT2D eigenvalue weighted by Gasteiger charge is 2.41. The molecule has 1 aromatic carbocycles. The molecule has 0 radical (unpaired) electrons. The highest BCUT2D eigenvalue weighted by atomic mass is 35.5. The maximum absolute atomic E-state index is 14.3. The molecule has 4 nitrogen and oxygen atoms in total. The molecule has 172 valence electrons. The van der Waals surface area contributed by atoms with Crippen LogP contribution in [-0.2, 0) is 0 Å². The Hall–Kier alpha value is -3.45. The van der Waals surface area contributed by atoms with Crippen LogP contribution in [0.5, 0.6) is 0 Å². The molecular formula is C26H19ClF3N3O. The van der Waals surface area contributed by atoms with Gasteiger partial charge in [-0.3, -0.25) is 14.3 Å². The van der Waals surface area contributed by atoms with Crippen LogP contribution in [0.3, 0.4) is 0 Å². The lowest BCUT2D eigenvalue weighted by molar-refractivity contribution is 0.481. The van der Waals surface area contributed by atoms with Gasteiger partial charge in [-0.05, 0) is 79.1 Å². The third-order valence-corrected chi connectivity index (χ3v) is 6.67. The summed E-state index contributed by atoms with van der Waals surface area (Å²) in [5.74, 6) is -2.38. The predicted molar refractivity (Wildman–Crippen MR) is 124 cm³/mol. The van der Waals surface area contributed by atoms with Gasteiger partial charge in [-0.2, -0.15) is 4.39 Å². The van der Waals surface area contributed by atoms with Gasteiger partial charge < -0.3 is 0 Å². The number of benzene rings is 1. The second-order valence-electron chi connectivity index (χ2n) is 8.52. The van der Waals surface area contributed by atoms with Gasteiger partial charge in [-0.15, -0.1) is 0 Å². The van der Waals surface area contributed by atoms with Crippen molar-refractivity contribution in [2.45, 2.75) is 32.1 Å². The molecule has 3 heterocycles. The van der Waals surface area contributed by atoms with Crippen molar-refractivity contribution >= 4 is 11.6 Å². The normalized spacial score (nSPS) is 17.1. The highest BCUT2D eigenvalue weighted by molar-refractivity contribution is 6.31. The molecule has 0 amide bonds. The Morgan fingerprint density at radius 2 is 1.74 bits per heavy atom. The molecule has 1 fully saturated rings. The smallest absolute Gasteiger partial charge is 0.274 e. The summed E-state index contributed by atoms with van der Waals surface area (Å²) in [6.45, 7) is 3.57. The zero-order valence-corrected chi connectivity index (χ0v) is 19.1. The summed E-state index contributed by atoms with van der Waals surface area (Å²) in [5, 5.41) is 0.110. The Morgan fingerprint density at radius 3 is 2.47 bits per heavy atom. The van der Waals surface area contributed by atoms with Crippen molar-refractivity contribution in [2.75, 3.05) is 0 Å². The van der Waals surface area contributed by atoms with E-state index in [0.717, 1.165) is 23.7 Å². The molecule has 0 N–H and O–H groups in total. The van der Waals surface area contributed by atoms with Crippen molar-refractivity contribution in [1.82, 2.24) is 14.5 Å². The van der Waals surface area contributed by atoms with E-state index in [1.165, 1.54) is 35.0 Å². The zero-order valence-electron chi connectivity index (χ0n) is 18.3. The average molecular weight is 482 g/mol. The number of pyridine rings is 3. The van der Waals surface area contributed by atoms with E-state index in [4.69, 9.17) is 11.6 Å². The van der Waals surface area contributed by atoms with Crippen LogP contribution in [0, 0.1) is 31.4 Å². The van der Waals surface area contributed by atoms with Crippen LogP contribution in [-0.4, -0.2) is 14.5 Å². The third-order valence-electron chi connectivity index (χ3n) is 6.29. The highest BCUT2D eigenvalue weighted by Crippen LogP contribution is 2.55. The van der Waals surface area contributed by atoms with Crippen LogP contribution in [0.1, 0.15) is 40.6 Å². The monoisotopic (exact) mass is 481 g/mol. The van der Waals surface area contributed by atoms with Gasteiger partial charge in [0.05, 0.1) is 11.4 Å². The molecule has 0 spiro atoms. The van der Waals surface area contributed by atoms with Gasteiger partial charge in [0.15, 0.2) is 5.82 Å². The van der Waals surface area contributed by atoms with Crippen LogP contribution in [0.25, 0.3) is 16.9 Å². The van der Waals surface area contributed by atoms with Crippen molar-refractivity contribution < 1.29 is 13.2 Å². The zero-order chi connectivity index (χ0) is 24.1. The van der Waals surface area contributed by atoms with E-state index >= 15 is 0 Å². The van der Waals surface area contributed by atoms with Gasteiger partial charge in [0.1, 0.15) is 10.8 Å². The van der Waals surface area contributed by atoms with Gasteiger partial charge in [-0.1, -0.05) is 23.7 Å². The molecule has 1 aliphatic carbocycles. The number of hydrogen-bond acceptors (Lipinski definition) is 3.